The topological polar surface area (TPSA) is 0 Å². The predicted octanol–water partition coefficient (Wildman–Crippen LogP) is 9.80. The Balaban J connectivity index is 5.50. The van der Waals surface area contributed by atoms with E-state index in [0.29, 0.717) is 0 Å². The normalized spacial score (nSPS) is 15.6. The molecule has 0 rings (SSSR count). The third-order valence-electron chi connectivity index (χ3n) is 1.76. The van der Waals surface area contributed by atoms with Crippen molar-refractivity contribution in [3.63, 3.8) is 0 Å². The van der Waals surface area contributed by atoms with Crippen LogP contribution in [-0.4, -0.2) is 5.14 Å². The highest BCUT2D eigenvalue weighted by Gasteiger charge is 2.40. The molecule has 0 saturated heterocycles. The Kier molecular flexibility index (Phi) is 20.7. The SMILES string of the molecule is PPP(P)C(P(P(P)P)P(P)P)P(P(P)P)P(P)P. The van der Waals surface area contributed by atoms with Gasteiger partial charge in [0.2, 0.25) is 0 Å². The van der Waals surface area contributed by atoms with Crippen LogP contribution in [0, 0.1) is 0 Å². The molecular formula is CH22P18. The first-order valence-electron chi connectivity index (χ1n) is 4.41. The van der Waals surface area contributed by atoms with E-state index in [-0.39, 0.29) is 49.8 Å². The summed E-state index contributed by atoms with van der Waals surface area (Å²) >= 11 is 0. The first-order chi connectivity index (χ1) is 8.64. The van der Waals surface area contributed by atoms with Crippen molar-refractivity contribution in [1.29, 1.82) is 0 Å². The summed E-state index contributed by atoms with van der Waals surface area (Å²) in [6, 6.07) is 0. The van der Waals surface area contributed by atoms with Gasteiger partial charge in [0.05, 0.1) is 0 Å². The van der Waals surface area contributed by atoms with Gasteiger partial charge in [0.25, 0.3) is 0 Å². The van der Waals surface area contributed by atoms with E-state index >= 15 is 0 Å². The van der Waals surface area contributed by atoms with Crippen LogP contribution in [0.1, 0.15) is 0 Å². The van der Waals surface area contributed by atoms with Crippen molar-refractivity contribution >= 4 is 147 Å². The van der Waals surface area contributed by atoms with Crippen LogP contribution in [0.15, 0.2) is 0 Å². The number of hydrogen-bond acceptors (Lipinski definition) is 0. The van der Waals surface area contributed by atoms with Crippen LogP contribution in [0.5, 0.6) is 0 Å². The van der Waals surface area contributed by atoms with Gasteiger partial charge in [0.1, 0.15) is 0 Å². The van der Waals surface area contributed by atoms with Crippen molar-refractivity contribution in [2.45, 2.75) is 5.14 Å². The molecule has 12 atom stereocenters. The molecule has 0 bridgehead atoms. The van der Waals surface area contributed by atoms with Crippen molar-refractivity contribution < 1.29 is 0 Å². The molecule has 0 fully saturated rings. The van der Waals surface area contributed by atoms with Crippen molar-refractivity contribution in [2.75, 3.05) is 0 Å². The standard InChI is InChI=1S/CH22P18/c2-12-13(3)1(14(16(4)5)17(6)7)15(18(8)9)19(10)11/h1,12H,2-11H2. The molecule has 0 heterocycles. The molecule has 0 aromatic rings. The minimum atomic E-state index is 0.0204. The summed E-state index contributed by atoms with van der Waals surface area (Å²) in [5.74, 6) is 0. The van der Waals surface area contributed by atoms with Gasteiger partial charge in [0.15, 0.2) is 0 Å². The fraction of sp³-hybridized carbons (Fsp3) is 1.00. The predicted molar refractivity (Wildman–Crippen MR) is 158 cm³/mol. The van der Waals surface area contributed by atoms with Crippen LogP contribution < -0.4 is 0 Å². The summed E-state index contributed by atoms with van der Waals surface area (Å²) in [6.07, 6.45) is 0. The Morgan fingerprint density at radius 2 is 0.842 bits per heavy atom. The summed E-state index contributed by atoms with van der Waals surface area (Å²) in [6.45, 7) is 0.0815. The molecule has 0 aromatic carbocycles. The molecule has 0 amide bonds. The Hall–Kier alpha value is 7.74. The Labute approximate surface area is 151 Å². The Bertz CT molecular complexity index is 194. The van der Waals surface area contributed by atoms with Crippen molar-refractivity contribution in [3.8, 4) is 0 Å². The lowest BCUT2D eigenvalue weighted by atomic mass is 11.9. The fourth-order valence-electron chi connectivity index (χ4n) is 1.10. The van der Waals surface area contributed by atoms with E-state index < -0.39 is 0 Å². The van der Waals surface area contributed by atoms with Gasteiger partial charge in [-0.05, 0) is 49.8 Å². The zero-order valence-corrected chi connectivity index (χ0v) is 28.8. The quantitative estimate of drug-likeness (QED) is 0.247. The van der Waals surface area contributed by atoms with E-state index in [0.717, 1.165) is 13.1 Å². The third kappa shape index (κ3) is 10.2. The van der Waals surface area contributed by atoms with Gasteiger partial charge in [-0.25, -0.2) is 0 Å². The molecule has 0 aliphatic carbocycles. The van der Waals surface area contributed by atoms with Crippen LogP contribution in [0.25, 0.3) is 0 Å². The lowest BCUT2D eigenvalue weighted by Crippen LogP contribution is -1.87. The average Bonchev–Trinajstić information content (AvgIpc) is 2.24. The molecule has 0 saturated carbocycles. The van der Waals surface area contributed by atoms with E-state index in [9.17, 15) is 0 Å². The fourth-order valence-corrected chi connectivity index (χ4v) is 128. The molecule has 18 heteroatoms. The van der Waals surface area contributed by atoms with E-state index in [1.165, 1.54) is 0 Å². The third-order valence-corrected chi connectivity index (χ3v) is 73.8. The van der Waals surface area contributed by atoms with Crippen LogP contribution in [0.4, 0.5) is 0 Å². The Morgan fingerprint density at radius 1 is 0.579 bits per heavy atom. The van der Waals surface area contributed by atoms with Gasteiger partial charge >= 0.3 is 0 Å². The maximum Gasteiger partial charge on any atom is 0.0446 e. The molecular weight excluding hydrogens is 570 g/mol. The molecule has 116 valence electrons. The lowest BCUT2D eigenvalue weighted by Gasteiger charge is -2.44. The van der Waals surface area contributed by atoms with Crippen LogP contribution in [0.3, 0.4) is 0 Å². The van der Waals surface area contributed by atoms with Crippen LogP contribution in [0.2, 0.25) is 0 Å². The molecule has 12 unspecified atom stereocenters. The van der Waals surface area contributed by atoms with Gasteiger partial charge in [-0.2, -0.15) is 0 Å². The highest BCUT2D eigenvalue weighted by molar-refractivity contribution is 9.04. The highest BCUT2D eigenvalue weighted by atomic mass is 33.0. The summed E-state index contributed by atoms with van der Waals surface area (Å²) in [7, 11) is 32.5. The maximum absolute atomic E-state index is 3.22. The molecule has 0 radical (unpaired) electrons. The monoisotopic (exact) mass is 592 g/mol. The van der Waals surface area contributed by atoms with Gasteiger partial charge in [0, 0.05) is 5.14 Å². The minimum absolute atomic E-state index is 0.0204. The zero-order chi connectivity index (χ0) is 15.3. The zero-order valence-electron chi connectivity index (χ0n) is 9.98. The second kappa shape index (κ2) is 14.7. The number of rotatable bonds is 8. The maximum atomic E-state index is 3.22. The molecule has 0 N–H and O–H groups in total. The van der Waals surface area contributed by atoms with E-state index in [4.69, 9.17) is 0 Å². The van der Waals surface area contributed by atoms with Gasteiger partial charge in [-0.1, -0.05) is 7.96 Å². The smallest absolute Gasteiger partial charge is 0.0446 e. The lowest BCUT2D eigenvalue weighted by molar-refractivity contribution is 2.05. The van der Waals surface area contributed by atoms with Gasteiger partial charge in [-0.15, -0.1) is 89.3 Å². The molecule has 0 aromatic heterocycles. The summed E-state index contributed by atoms with van der Waals surface area (Å²) in [5, 5.41) is 0.963. The second-order valence-corrected chi connectivity index (χ2v) is 62.6. The summed E-state index contributed by atoms with van der Waals surface area (Å²) < 4.78 is 0. The van der Waals surface area contributed by atoms with Crippen molar-refractivity contribution in [3.05, 3.63) is 0 Å². The highest BCUT2D eigenvalue weighted by Crippen LogP contribution is 3.13. The summed E-state index contributed by atoms with van der Waals surface area (Å²) in [5.41, 5.74) is 0. The molecule has 19 heavy (non-hydrogen) atoms. The first kappa shape index (κ1) is 26.7. The second-order valence-electron chi connectivity index (χ2n) is 3.04. The minimum Gasteiger partial charge on any atom is -0.110 e. The van der Waals surface area contributed by atoms with Gasteiger partial charge in [-0.3, -0.25) is 0 Å². The van der Waals surface area contributed by atoms with Crippen molar-refractivity contribution in [1.82, 2.24) is 0 Å². The largest absolute Gasteiger partial charge is 0.110 e. The Morgan fingerprint density at radius 3 is 1.00 bits per heavy atom. The van der Waals surface area contributed by atoms with Crippen LogP contribution >= 0.6 is 147 Å². The average molecular weight is 592 g/mol. The molecule has 0 aliphatic heterocycles. The van der Waals surface area contributed by atoms with E-state index in [1.807, 2.05) is 0 Å². The van der Waals surface area contributed by atoms with Crippen LogP contribution in [-0.2, 0) is 0 Å². The van der Waals surface area contributed by atoms with E-state index in [2.05, 4.69) is 89.3 Å². The summed E-state index contributed by atoms with van der Waals surface area (Å²) in [4.78, 5) is 0. The van der Waals surface area contributed by atoms with Gasteiger partial charge < -0.3 is 0 Å². The molecule has 0 aliphatic rings. The first-order valence-corrected chi connectivity index (χ1v) is 35.0. The van der Waals surface area contributed by atoms with Crippen molar-refractivity contribution in [2.24, 2.45) is 0 Å². The molecule has 0 spiro atoms. The number of hydrogen-bond donors (Lipinski definition) is 0. The van der Waals surface area contributed by atoms with E-state index in [1.54, 1.807) is 0 Å². The molecule has 0 nitrogen and oxygen atoms in total.